The summed E-state index contributed by atoms with van der Waals surface area (Å²) in [5.74, 6) is 1.73. The van der Waals surface area contributed by atoms with Crippen LogP contribution in [0, 0.1) is 11.8 Å². The van der Waals surface area contributed by atoms with E-state index in [0.717, 1.165) is 44.2 Å². The van der Waals surface area contributed by atoms with Crippen molar-refractivity contribution >= 4 is 5.91 Å². The van der Waals surface area contributed by atoms with Gasteiger partial charge in [0.1, 0.15) is 0 Å². The summed E-state index contributed by atoms with van der Waals surface area (Å²) < 4.78 is 0. The predicted octanol–water partition coefficient (Wildman–Crippen LogP) is 2.13. The third-order valence-corrected chi connectivity index (χ3v) is 5.37. The number of amides is 1. The number of hydrogen-bond acceptors (Lipinski definition) is 3. The molecule has 1 amide bonds. The fourth-order valence-electron chi connectivity index (χ4n) is 3.51. The van der Waals surface area contributed by atoms with Crippen LogP contribution in [0.3, 0.4) is 0 Å². The van der Waals surface area contributed by atoms with Crippen molar-refractivity contribution in [2.75, 3.05) is 26.2 Å². The smallest absolute Gasteiger partial charge is 0.234 e. The number of nitrogens with two attached hydrogens (primary N) is 1. The fraction of sp³-hybridized carbons (Fsp3) is 0.941. The molecule has 0 unspecified atom stereocenters. The van der Waals surface area contributed by atoms with Crippen LogP contribution in [0.4, 0.5) is 0 Å². The zero-order valence-electron chi connectivity index (χ0n) is 13.9. The predicted molar refractivity (Wildman–Crippen MR) is 87.0 cm³/mol. The maximum Gasteiger partial charge on any atom is 0.234 e. The third kappa shape index (κ3) is 4.68. The van der Waals surface area contributed by atoms with Crippen LogP contribution in [-0.2, 0) is 4.79 Å². The second-order valence-electron chi connectivity index (χ2n) is 7.28. The van der Waals surface area contributed by atoms with Gasteiger partial charge in [-0.25, -0.2) is 0 Å². The lowest BCUT2D eigenvalue weighted by Crippen LogP contribution is -2.58. The second kappa shape index (κ2) is 7.59. The zero-order chi connectivity index (χ0) is 15.3. The summed E-state index contributed by atoms with van der Waals surface area (Å²) in [7, 11) is 0. The molecule has 4 nitrogen and oxygen atoms in total. The summed E-state index contributed by atoms with van der Waals surface area (Å²) in [5, 5.41) is 3.10. The molecule has 0 aliphatic heterocycles. The molecule has 0 aromatic rings. The van der Waals surface area contributed by atoms with Crippen molar-refractivity contribution in [2.45, 2.75) is 64.3 Å². The Morgan fingerprint density at radius 2 is 1.95 bits per heavy atom. The number of nitrogens with zero attached hydrogens (tertiary/aromatic N) is 1. The molecule has 2 saturated carbocycles. The van der Waals surface area contributed by atoms with Crippen molar-refractivity contribution in [2.24, 2.45) is 17.6 Å². The Labute approximate surface area is 129 Å². The summed E-state index contributed by atoms with van der Waals surface area (Å²) in [5.41, 5.74) is 6.20. The van der Waals surface area contributed by atoms with Crippen LogP contribution >= 0.6 is 0 Å². The molecule has 2 aliphatic rings. The van der Waals surface area contributed by atoms with Crippen LogP contribution in [0.1, 0.15) is 58.8 Å². The highest BCUT2D eigenvalue weighted by Crippen LogP contribution is 2.36. The average molecular weight is 295 g/mol. The molecule has 2 fully saturated rings. The van der Waals surface area contributed by atoms with Gasteiger partial charge >= 0.3 is 0 Å². The normalized spacial score (nSPS) is 29.6. The zero-order valence-corrected chi connectivity index (χ0v) is 13.9. The quantitative estimate of drug-likeness (QED) is 0.721. The van der Waals surface area contributed by atoms with Crippen molar-refractivity contribution in [3.05, 3.63) is 0 Å². The first kappa shape index (κ1) is 16.8. The van der Waals surface area contributed by atoms with Gasteiger partial charge in [0.25, 0.3) is 0 Å². The Bertz CT molecular complexity index is 333. The lowest BCUT2D eigenvalue weighted by Gasteiger charge is -2.47. The summed E-state index contributed by atoms with van der Waals surface area (Å²) in [4.78, 5) is 14.6. The van der Waals surface area contributed by atoms with E-state index in [0.29, 0.717) is 13.1 Å². The van der Waals surface area contributed by atoms with E-state index in [1.54, 1.807) is 0 Å². The van der Waals surface area contributed by atoms with Gasteiger partial charge in [0.15, 0.2) is 0 Å². The van der Waals surface area contributed by atoms with E-state index in [1.165, 1.54) is 25.7 Å². The van der Waals surface area contributed by atoms with Crippen LogP contribution in [-0.4, -0.2) is 42.5 Å². The van der Waals surface area contributed by atoms with Crippen molar-refractivity contribution in [3.8, 4) is 0 Å². The molecule has 0 saturated heterocycles. The lowest BCUT2D eigenvalue weighted by molar-refractivity contribution is -0.124. The highest BCUT2D eigenvalue weighted by atomic mass is 16.2. The Kier molecular flexibility index (Phi) is 6.06. The maximum absolute atomic E-state index is 12.2. The van der Waals surface area contributed by atoms with E-state index >= 15 is 0 Å². The fourth-order valence-corrected chi connectivity index (χ4v) is 3.51. The Morgan fingerprint density at radius 3 is 2.48 bits per heavy atom. The minimum absolute atomic E-state index is 0.0550. The topological polar surface area (TPSA) is 58.4 Å². The molecular weight excluding hydrogens is 262 g/mol. The van der Waals surface area contributed by atoms with Gasteiger partial charge in [-0.05, 0) is 63.3 Å². The molecule has 0 bridgehead atoms. The van der Waals surface area contributed by atoms with Crippen molar-refractivity contribution in [1.82, 2.24) is 10.2 Å². The van der Waals surface area contributed by atoms with E-state index in [4.69, 9.17) is 5.73 Å². The van der Waals surface area contributed by atoms with E-state index < -0.39 is 0 Å². The van der Waals surface area contributed by atoms with Gasteiger partial charge in [-0.3, -0.25) is 9.69 Å². The van der Waals surface area contributed by atoms with Crippen LogP contribution < -0.4 is 11.1 Å². The van der Waals surface area contributed by atoms with Gasteiger partial charge in [0, 0.05) is 18.6 Å². The molecule has 4 heteroatoms. The molecule has 0 atom stereocenters. The number of rotatable bonds is 8. The Hall–Kier alpha value is -0.610. The second-order valence-corrected chi connectivity index (χ2v) is 7.28. The molecule has 0 spiro atoms. The van der Waals surface area contributed by atoms with Crippen molar-refractivity contribution in [1.29, 1.82) is 0 Å². The minimum Gasteiger partial charge on any atom is -0.355 e. The molecule has 0 radical (unpaired) electrons. The molecule has 2 aliphatic carbocycles. The Morgan fingerprint density at radius 1 is 1.29 bits per heavy atom. The van der Waals surface area contributed by atoms with Gasteiger partial charge in [-0.1, -0.05) is 13.8 Å². The van der Waals surface area contributed by atoms with Gasteiger partial charge in [-0.2, -0.15) is 0 Å². The standard InChI is InChI=1S/C17H33N3O/c1-3-10-20(12-16(21)19-11-15-4-5-15)17(13-18)8-6-14(2)7-9-17/h14-15H,3-13,18H2,1-2H3,(H,19,21). The number of carbonyl (C=O) groups is 1. The molecule has 2 rings (SSSR count). The molecule has 122 valence electrons. The van der Waals surface area contributed by atoms with E-state index in [1.807, 2.05) is 0 Å². The SMILES string of the molecule is CCCN(CC(=O)NCC1CC1)C1(CN)CCC(C)CC1. The van der Waals surface area contributed by atoms with Crippen LogP contribution in [0.25, 0.3) is 0 Å². The molecular formula is C17H33N3O. The first-order chi connectivity index (χ1) is 10.1. The van der Waals surface area contributed by atoms with E-state index in [9.17, 15) is 4.79 Å². The number of carbonyl (C=O) groups excluding carboxylic acids is 1. The third-order valence-electron chi connectivity index (χ3n) is 5.37. The largest absolute Gasteiger partial charge is 0.355 e. The Balaban J connectivity index is 1.92. The average Bonchev–Trinajstić information content (AvgIpc) is 3.30. The lowest BCUT2D eigenvalue weighted by atomic mass is 9.76. The molecule has 3 N–H and O–H groups in total. The highest BCUT2D eigenvalue weighted by molar-refractivity contribution is 5.78. The first-order valence-electron chi connectivity index (χ1n) is 8.81. The number of nitrogens with one attached hydrogen (secondary N) is 1. The van der Waals surface area contributed by atoms with Gasteiger partial charge in [0.2, 0.25) is 5.91 Å². The summed E-state index contributed by atoms with van der Waals surface area (Å²) >= 11 is 0. The molecule has 0 aromatic carbocycles. The van der Waals surface area contributed by atoms with Crippen molar-refractivity contribution in [3.63, 3.8) is 0 Å². The van der Waals surface area contributed by atoms with Crippen LogP contribution in [0.2, 0.25) is 0 Å². The molecule has 21 heavy (non-hydrogen) atoms. The molecule has 0 aromatic heterocycles. The highest BCUT2D eigenvalue weighted by Gasteiger charge is 2.38. The van der Waals surface area contributed by atoms with Crippen LogP contribution in [0.15, 0.2) is 0 Å². The summed E-state index contributed by atoms with van der Waals surface area (Å²) in [6, 6.07) is 0. The first-order valence-corrected chi connectivity index (χ1v) is 8.81. The van der Waals surface area contributed by atoms with Gasteiger partial charge in [-0.15, -0.1) is 0 Å². The summed E-state index contributed by atoms with van der Waals surface area (Å²) in [6.45, 7) is 7.55. The number of hydrogen-bond donors (Lipinski definition) is 2. The molecule has 0 heterocycles. The van der Waals surface area contributed by atoms with Crippen molar-refractivity contribution < 1.29 is 4.79 Å². The van der Waals surface area contributed by atoms with Gasteiger partial charge < -0.3 is 11.1 Å². The van der Waals surface area contributed by atoms with Gasteiger partial charge in [0.05, 0.1) is 6.54 Å². The monoisotopic (exact) mass is 295 g/mol. The van der Waals surface area contributed by atoms with Crippen LogP contribution in [0.5, 0.6) is 0 Å². The van der Waals surface area contributed by atoms with E-state index in [-0.39, 0.29) is 11.4 Å². The summed E-state index contributed by atoms with van der Waals surface area (Å²) in [6.07, 6.45) is 8.39. The van der Waals surface area contributed by atoms with E-state index in [2.05, 4.69) is 24.1 Å². The minimum atomic E-state index is 0.0550. The maximum atomic E-state index is 12.2.